The highest BCUT2D eigenvalue weighted by atomic mass is 16.6. The van der Waals surface area contributed by atoms with Gasteiger partial charge in [-0.2, -0.15) is 0 Å². The molecule has 0 aromatic heterocycles. The molecule has 2 aromatic rings. The lowest BCUT2D eigenvalue weighted by molar-refractivity contribution is -0.155. The topological polar surface area (TPSA) is 73.9 Å². The van der Waals surface area contributed by atoms with Crippen molar-refractivity contribution in [3.05, 3.63) is 46.5 Å². The third kappa shape index (κ3) is 4.49. The van der Waals surface area contributed by atoms with Crippen molar-refractivity contribution in [2.45, 2.75) is 70.5 Å². The Morgan fingerprint density at radius 2 is 1.94 bits per heavy atom. The molecule has 1 atom stereocenters. The minimum Gasteiger partial charge on any atom is -0.493 e. The quantitative estimate of drug-likeness (QED) is 0.587. The smallest absolute Gasteiger partial charge is 0.339 e. The molecule has 1 amide bonds. The lowest BCUT2D eigenvalue weighted by Crippen LogP contribution is -2.22. The molecule has 1 aliphatic heterocycles. The van der Waals surface area contributed by atoms with Gasteiger partial charge in [0.2, 0.25) is 5.91 Å². The Kier molecular flexibility index (Phi) is 5.87. The zero-order chi connectivity index (χ0) is 23.1. The first-order chi connectivity index (χ1) is 16.0. The summed E-state index contributed by atoms with van der Waals surface area (Å²) >= 11 is 0. The second kappa shape index (κ2) is 8.82. The van der Waals surface area contributed by atoms with Gasteiger partial charge in [0.1, 0.15) is 5.75 Å². The fraction of sp³-hybridized carbons (Fsp3) is 0.481. The molecule has 1 N–H and O–H groups in total. The molecule has 2 aromatic carbocycles. The van der Waals surface area contributed by atoms with Crippen LogP contribution in [0, 0.1) is 6.92 Å². The highest BCUT2D eigenvalue weighted by molar-refractivity contribution is 5.94. The zero-order valence-electron chi connectivity index (χ0n) is 19.5. The number of anilines is 1. The van der Waals surface area contributed by atoms with E-state index in [1.54, 1.807) is 0 Å². The third-order valence-corrected chi connectivity index (χ3v) is 6.64. The number of carbonyl (C=O) groups is 2. The predicted octanol–water partition coefficient (Wildman–Crippen LogP) is 5.22. The molecule has 0 bridgehead atoms. The number of nitrogens with one attached hydrogen (secondary N) is 1. The zero-order valence-corrected chi connectivity index (χ0v) is 19.5. The van der Waals surface area contributed by atoms with Crippen molar-refractivity contribution < 1.29 is 23.8 Å². The largest absolute Gasteiger partial charge is 0.493 e. The predicted molar refractivity (Wildman–Crippen MR) is 126 cm³/mol. The summed E-state index contributed by atoms with van der Waals surface area (Å²) in [5.74, 6) is 0.773. The number of methoxy groups -OCH3 is 1. The lowest BCUT2D eigenvalue weighted by atomic mass is 9.84. The van der Waals surface area contributed by atoms with E-state index in [-0.39, 0.29) is 18.0 Å². The molecule has 2 saturated carbocycles. The molecule has 174 valence electrons. The van der Waals surface area contributed by atoms with E-state index in [0.29, 0.717) is 5.92 Å². The summed E-state index contributed by atoms with van der Waals surface area (Å²) in [6.45, 7) is 4.25. The molecule has 33 heavy (non-hydrogen) atoms. The summed E-state index contributed by atoms with van der Waals surface area (Å²) in [7, 11) is 1.41. The van der Waals surface area contributed by atoms with E-state index in [1.807, 2.05) is 19.1 Å². The SMILES string of the molecule is COC(=O)C(OC1CC1)c1c(C)cc(NC(C)=O)c(C2CC2)c1-c1ccc2c(c1)CCCO2. The van der Waals surface area contributed by atoms with Crippen LogP contribution < -0.4 is 10.1 Å². The van der Waals surface area contributed by atoms with Gasteiger partial charge in [0, 0.05) is 18.2 Å². The molecule has 1 unspecified atom stereocenters. The molecule has 0 radical (unpaired) electrons. The van der Waals surface area contributed by atoms with Crippen molar-refractivity contribution in [2.75, 3.05) is 19.0 Å². The van der Waals surface area contributed by atoms with Gasteiger partial charge in [-0.3, -0.25) is 4.79 Å². The van der Waals surface area contributed by atoms with E-state index in [0.717, 1.165) is 84.4 Å². The second-order valence-electron chi connectivity index (χ2n) is 9.41. The average molecular weight is 450 g/mol. The summed E-state index contributed by atoms with van der Waals surface area (Å²) in [5, 5.41) is 3.05. The Hall–Kier alpha value is -2.86. The Labute approximate surface area is 194 Å². The molecular formula is C27H31NO5. The van der Waals surface area contributed by atoms with Gasteiger partial charge in [0.25, 0.3) is 0 Å². The number of carbonyl (C=O) groups excluding carboxylic acids is 2. The number of aryl methyl sites for hydroxylation is 2. The highest BCUT2D eigenvalue weighted by Crippen LogP contribution is 2.52. The van der Waals surface area contributed by atoms with Crippen molar-refractivity contribution in [3.63, 3.8) is 0 Å². The first-order valence-corrected chi connectivity index (χ1v) is 11.9. The number of fused-ring (bicyclic) bond motifs is 1. The van der Waals surface area contributed by atoms with Gasteiger partial charge in [-0.1, -0.05) is 6.07 Å². The van der Waals surface area contributed by atoms with Gasteiger partial charge >= 0.3 is 5.97 Å². The third-order valence-electron chi connectivity index (χ3n) is 6.64. The van der Waals surface area contributed by atoms with Crippen LogP contribution in [0.25, 0.3) is 11.1 Å². The van der Waals surface area contributed by atoms with Crippen molar-refractivity contribution in [1.82, 2.24) is 0 Å². The Bertz CT molecular complexity index is 1100. The molecule has 2 aliphatic carbocycles. The monoisotopic (exact) mass is 449 g/mol. The van der Waals surface area contributed by atoms with Crippen LogP contribution in [0.15, 0.2) is 24.3 Å². The number of ether oxygens (including phenoxy) is 3. The van der Waals surface area contributed by atoms with Crippen molar-refractivity contribution in [2.24, 2.45) is 0 Å². The summed E-state index contributed by atoms with van der Waals surface area (Å²) in [4.78, 5) is 25.0. The van der Waals surface area contributed by atoms with Crippen molar-refractivity contribution in [1.29, 1.82) is 0 Å². The van der Waals surface area contributed by atoms with E-state index < -0.39 is 6.10 Å². The maximum absolute atomic E-state index is 13.0. The number of amides is 1. The fourth-order valence-corrected chi connectivity index (χ4v) is 4.85. The van der Waals surface area contributed by atoms with Gasteiger partial charge < -0.3 is 19.5 Å². The standard InChI is InChI=1S/C27H31NO5/c1-15-13-21(28-16(2)29)24(17-6-7-17)25(19-8-11-22-18(14-19)5-4-12-32-22)23(15)26(27(30)31-3)33-20-9-10-20/h8,11,13-14,17,20,26H,4-7,9-10,12H2,1-3H3,(H,28,29). The molecule has 0 saturated heterocycles. The first-order valence-electron chi connectivity index (χ1n) is 11.9. The van der Waals surface area contributed by atoms with Gasteiger partial charge in [0.15, 0.2) is 6.10 Å². The maximum Gasteiger partial charge on any atom is 0.339 e. The molecule has 6 heteroatoms. The lowest BCUT2D eigenvalue weighted by Gasteiger charge is -2.27. The number of esters is 1. The number of hydrogen-bond acceptors (Lipinski definition) is 5. The van der Waals surface area contributed by atoms with Crippen molar-refractivity contribution in [3.8, 4) is 16.9 Å². The van der Waals surface area contributed by atoms with E-state index in [1.165, 1.54) is 19.6 Å². The van der Waals surface area contributed by atoms with Gasteiger partial charge in [-0.15, -0.1) is 0 Å². The Morgan fingerprint density at radius 3 is 2.61 bits per heavy atom. The van der Waals surface area contributed by atoms with Crippen LogP contribution in [0.3, 0.4) is 0 Å². The van der Waals surface area contributed by atoms with Gasteiger partial charge in [-0.05, 0) is 97.4 Å². The van der Waals surface area contributed by atoms with E-state index in [9.17, 15) is 9.59 Å². The van der Waals surface area contributed by atoms with Crippen molar-refractivity contribution >= 4 is 17.6 Å². The molecule has 2 fully saturated rings. The number of rotatable bonds is 7. The van der Waals surface area contributed by atoms with E-state index in [4.69, 9.17) is 14.2 Å². The van der Waals surface area contributed by atoms with E-state index >= 15 is 0 Å². The summed E-state index contributed by atoms with van der Waals surface area (Å²) in [5.41, 5.74) is 6.86. The Morgan fingerprint density at radius 1 is 1.15 bits per heavy atom. The molecule has 3 aliphatic rings. The van der Waals surface area contributed by atoms with Gasteiger partial charge in [-0.25, -0.2) is 4.79 Å². The summed E-state index contributed by atoms with van der Waals surface area (Å²) in [6.07, 6.45) is 5.26. The molecule has 0 spiro atoms. The number of hydrogen-bond donors (Lipinski definition) is 1. The molecular weight excluding hydrogens is 418 g/mol. The van der Waals surface area contributed by atoms with Gasteiger partial charge in [0.05, 0.1) is 19.8 Å². The number of benzene rings is 2. The summed E-state index contributed by atoms with van der Waals surface area (Å²) in [6, 6.07) is 8.26. The summed E-state index contributed by atoms with van der Waals surface area (Å²) < 4.78 is 17.3. The van der Waals surface area contributed by atoms with Crippen LogP contribution in [-0.4, -0.2) is 31.7 Å². The minimum atomic E-state index is -0.798. The molecule has 5 rings (SSSR count). The first kappa shape index (κ1) is 22.0. The molecule has 1 heterocycles. The van der Waals surface area contributed by atoms with Crippen LogP contribution in [0.1, 0.15) is 73.3 Å². The normalized spacial score (nSPS) is 18.2. The second-order valence-corrected chi connectivity index (χ2v) is 9.41. The minimum absolute atomic E-state index is 0.0812. The Balaban J connectivity index is 1.75. The molecule has 6 nitrogen and oxygen atoms in total. The fourth-order valence-electron chi connectivity index (χ4n) is 4.85. The average Bonchev–Trinajstić information content (AvgIpc) is 3.71. The maximum atomic E-state index is 13.0. The van der Waals surface area contributed by atoms with Crippen LogP contribution in [-0.2, 0) is 25.5 Å². The van der Waals surface area contributed by atoms with E-state index in [2.05, 4.69) is 17.4 Å². The highest BCUT2D eigenvalue weighted by Gasteiger charge is 2.38. The van der Waals surface area contributed by atoms with Crippen LogP contribution >= 0.6 is 0 Å². The van der Waals surface area contributed by atoms with Crippen LogP contribution in [0.5, 0.6) is 5.75 Å². The van der Waals surface area contributed by atoms with Crippen LogP contribution in [0.2, 0.25) is 0 Å². The van der Waals surface area contributed by atoms with Crippen LogP contribution in [0.4, 0.5) is 5.69 Å².